The van der Waals surface area contributed by atoms with Gasteiger partial charge in [-0.3, -0.25) is 4.79 Å². The van der Waals surface area contributed by atoms with Crippen LogP contribution in [0, 0.1) is 6.92 Å². The average Bonchev–Trinajstić information content (AvgIpc) is 3.23. The molecule has 118 valence electrons. The number of aryl methyl sites for hydroxylation is 2. The Morgan fingerprint density at radius 2 is 2.26 bits per heavy atom. The third-order valence-electron chi connectivity index (χ3n) is 3.48. The van der Waals surface area contributed by atoms with E-state index < -0.39 is 0 Å². The number of amides is 1. The summed E-state index contributed by atoms with van der Waals surface area (Å²) in [5.41, 5.74) is 2.34. The van der Waals surface area contributed by atoms with Crippen LogP contribution >= 0.6 is 0 Å². The van der Waals surface area contributed by atoms with Crippen molar-refractivity contribution in [2.45, 2.75) is 19.9 Å². The highest BCUT2D eigenvalue weighted by Crippen LogP contribution is 2.21. The molecule has 6 nitrogen and oxygen atoms in total. The molecule has 0 spiro atoms. The van der Waals surface area contributed by atoms with E-state index in [-0.39, 0.29) is 5.91 Å². The predicted molar refractivity (Wildman–Crippen MR) is 85.9 cm³/mol. The van der Waals surface area contributed by atoms with Crippen LogP contribution in [0.3, 0.4) is 0 Å². The zero-order valence-electron chi connectivity index (χ0n) is 12.9. The molecule has 0 atom stereocenters. The van der Waals surface area contributed by atoms with E-state index in [1.54, 1.807) is 18.6 Å². The summed E-state index contributed by atoms with van der Waals surface area (Å²) in [4.78, 5) is 16.0. The molecule has 0 unspecified atom stereocenters. The monoisotopic (exact) mass is 310 g/mol. The minimum absolute atomic E-state index is 0.224. The van der Waals surface area contributed by atoms with Crippen LogP contribution in [0.25, 0.3) is 11.3 Å². The zero-order valence-corrected chi connectivity index (χ0v) is 12.9. The van der Waals surface area contributed by atoms with E-state index in [0.717, 1.165) is 24.1 Å². The number of hydrogen-bond acceptors (Lipinski definition) is 4. The van der Waals surface area contributed by atoms with Gasteiger partial charge in [0.05, 0.1) is 6.33 Å². The first-order valence-corrected chi connectivity index (χ1v) is 7.50. The molecule has 23 heavy (non-hydrogen) atoms. The number of rotatable bonds is 6. The Morgan fingerprint density at radius 1 is 1.35 bits per heavy atom. The van der Waals surface area contributed by atoms with E-state index in [2.05, 4.69) is 15.5 Å². The maximum Gasteiger partial charge on any atom is 0.273 e. The number of nitrogens with one attached hydrogen (secondary N) is 1. The highest BCUT2D eigenvalue weighted by atomic mass is 16.5. The number of nitrogens with zero attached hydrogens (tertiary/aromatic N) is 3. The summed E-state index contributed by atoms with van der Waals surface area (Å²) >= 11 is 0. The van der Waals surface area contributed by atoms with Crippen molar-refractivity contribution in [2.75, 3.05) is 6.54 Å². The Balaban J connectivity index is 1.54. The van der Waals surface area contributed by atoms with Crippen molar-refractivity contribution in [1.82, 2.24) is 20.0 Å². The lowest BCUT2D eigenvalue weighted by Gasteiger charge is -2.03. The number of imidazole rings is 1. The molecule has 0 radical (unpaired) electrons. The van der Waals surface area contributed by atoms with Crippen LogP contribution in [0.15, 0.2) is 53.6 Å². The Bertz CT molecular complexity index is 778. The van der Waals surface area contributed by atoms with Gasteiger partial charge in [-0.05, 0) is 19.4 Å². The van der Waals surface area contributed by atoms with E-state index in [1.807, 2.05) is 42.0 Å². The summed E-state index contributed by atoms with van der Waals surface area (Å²) in [6.07, 6.45) is 6.21. The van der Waals surface area contributed by atoms with E-state index in [4.69, 9.17) is 4.52 Å². The standard InChI is InChI=1S/C17H18N4O2/c1-13-4-2-5-14(10-13)16-11-15(20-23-16)17(22)19-6-3-8-21-9-7-18-12-21/h2,4-5,7,9-12H,3,6,8H2,1H3,(H,19,22). The number of benzene rings is 1. The van der Waals surface area contributed by atoms with Gasteiger partial charge in [-0.2, -0.15) is 0 Å². The number of aromatic nitrogens is 3. The van der Waals surface area contributed by atoms with Crippen LogP contribution in [0.5, 0.6) is 0 Å². The Labute approximate surface area is 134 Å². The first-order valence-electron chi connectivity index (χ1n) is 7.50. The summed E-state index contributed by atoms with van der Waals surface area (Å²) in [6.45, 7) is 3.39. The van der Waals surface area contributed by atoms with Gasteiger partial charge in [0.25, 0.3) is 5.91 Å². The molecule has 0 saturated carbocycles. The molecule has 0 saturated heterocycles. The van der Waals surface area contributed by atoms with Crippen molar-refractivity contribution >= 4 is 5.91 Å². The van der Waals surface area contributed by atoms with Crippen LogP contribution < -0.4 is 5.32 Å². The molecule has 1 N–H and O–H groups in total. The van der Waals surface area contributed by atoms with Crippen molar-refractivity contribution in [3.63, 3.8) is 0 Å². The lowest BCUT2D eigenvalue weighted by Crippen LogP contribution is -2.25. The minimum atomic E-state index is -0.224. The number of carbonyl (C=O) groups is 1. The first kappa shape index (κ1) is 15.0. The molecule has 0 aliphatic rings. The molecule has 1 amide bonds. The summed E-state index contributed by atoms with van der Waals surface area (Å²) in [5.74, 6) is 0.371. The van der Waals surface area contributed by atoms with Crippen LogP contribution in [-0.2, 0) is 6.54 Å². The average molecular weight is 310 g/mol. The summed E-state index contributed by atoms with van der Waals surface area (Å²) in [7, 11) is 0. The van der Waals surface area contributed by atoms with Crippen LogP contribution in [0.4, 0.5) is 0 Å². The van der Waals surface area contributed by atoms with Crippen molar-refractivity contribution in [1.29, 1.82) is 0 Å². The largest absolute Gasteiger partial charge is 0.355 e. The number of hydrogen-bond donors (Lipinski definition) is 1. The Hall–Kier alpha value is -2.89. The third-order valence-corrected chi connectivity index (χ3v) is 3.48. The van der Waals surface area contributed by atoms with Gasteiger partial charge in [-0.15, -0.1) is 0 Å². The molecule has 2 heterocycles. The maximum absolute atomic E-state index is 12.1. The van der Waals surface area contributed by atoms with Gasteiger partial charge in [-0.1, -0.05) is 28.9 Å². The van der Waals surface area contributed by atoms with E-state index in [1.165, 1.54) is 0 Å². The molecule has 0 aliphatic heterocycles. The smallest absolute Gasteiger partial charge is 0.273 e. The maximum atomic E-state index is 12.1. The fraction of sp³-hybridized carbons (Fsp3) is 0.235. The van der Waals surface area contributed by atoms with Gasteiger partial charge in [0, 0.05) is 37.1 Å². The minimum Gasteiger partial charge on any atom is -0.355 e. The van der Waals surface area contributed by atoms with Gasteiger partial charge < -0.3 is 14.4 Å². The van der Waals surface area contributed by atoms with Crippen molar-refractivity contribution in [3.8, 4) is 11.3 Å². The van der Waals surface area contributed by atoms with Gasteiger partial charge in [0.1, 0.15) is 0 Å². The Morgan fingerprint density at radius 3 is 3.04 bits per heavy atom. The summed E-state index contributed by atoms with van der Waals surface area (Å²) < 4.78 is 7.24. The van der Waals surface area contributed by atoms with Gasteiger partial charge in [0.15, 0.2) is 11.5 Å². The van der Waals surface area contributed by atoms with Crippen molar-refractivity contribution in [2.24, 2.45) is 0 Å². The normalized spacial score (nSPS) is 10.7. The van der Waals surface area contributed by atoms with E-state index >= 15 is 0 Å². The van der Waals surface area contributed by atoms with Crippen LogP contribution in [0.2, 0.25) is 0 Å². The fourth-order valence-corrected chi connectivity index (χ4v) is 2.29. The highest BCUT2D eigenvalue weighted by molar-refractivity contribution is 5.93. The lowest BCUT2D eigenvalue weighted by molar-refractivity contribution is 0.0944. The molecule has 0 bridgehead atoms. The molecule has 3 aromatic rings. The summed E-state index contributed by atoms with van der Waals surface area (Å²) in [5, 5.41) is 6.69. The van der Waals surface area contributed by atoms with Gasteiger partial charge >= 0.3 is 0 Å². The highest BCUT2D eigenvalue weighted by Gasteiger charge is 2.13. The molecule has 3 rings (SSSR count). The molecule has 0 aliphatic carbocycles. The Kier molecular flexibility index (Phi) is 4.52. The topological polar surface area (TPSA) is 73.0 Å². The summed E-state index contributed by atoms with van der Waals surface area (Å²) in [6, 6.07) is 9.55. The van der Waals surface area contributed by atoms with Gasteiger partial charge in [0.2, 0.25) is 0 Å². The second-order valence-electron chi connectivity index (χ2n) is 5.36. The first-order chi connectivity index (χ1) is 11.2. The second kappa shape index (κ2) is 6.91. The SMILES string of the molecule is Cc1cccc(-c2cc(C(=O)NCCCn3ccnc3)no2)c1. The molecule has 0 fully saturated rings. The van der Waals surface area contributed by atoms with E-state index in [0.29, 0.717) is 18.0 Å². The van der Waals surface area contributed by atoms with E-state index in [9.17, 15) is 4.79 Å². The van der Waals surface area contributed by atoms with Crippen LogP contribution in [0.1, 0.15) is 22.5 Å². The lowest BCUT2D eigenvalue weighted by atomic mass is 10.1. The fourth-order valence-electron chi connectivity index (χ4n) is 2.29. The zero-order chi connectivity index (χ0) is 16.1. The molecular weight excluding hydrogens is 292 g/mol. The number of carbonyl (C=O) groups excluding carboxylic acids is 1. The third kappa shape index (κ3) is 3.85. The van der Waals surface area contributed by atoms with Gasteiger partial charge in [-0.25, -0.2) is 4.98 Å². The van der Waals surface area contributed by atoms with Crippen molar-refractivity contribution in [3.05, 3.63) is 60.3 Å². The quantitative estimate of drug-likeness (QED) is 0.710. The molecule has 2 aromatic heterocycles. The molecular formula is C17H18N4O2. The van der Waals surface area contributed by atoms with Crippen molar-refractivity contribution < 1.29 is 9.32 Å². The molecule has 1 aromatic carbocycles. The predicted octanol–water partition coefficient (Wildman–Crippen LogP) is 2.67. The van der Waals surface area contributed by atoms with Crippen LogP contribution in [-0.4, -0.2) is 27.2 Å². The second-order valence-corrected chi connectivity index (χ2v) is 5.36. The molecule has 6 heteroatoms.